The van der Waals surface area contributed by atoms with E-state index in [9.17, 15) is 4.79 Å². The minimum absolute atomic E-state index is 0.0178. The molecule has 6 heteroatoms. The van der Waals surface area contributed by atoms with Gasteiger partial charge < -0.3 is 9.30 Å². The Morgan fingerprint density at radius 3 is 2.67 bits per heavy atom. The summed E-state index contributed by atoms with van der Waals surface area (Å²) < 4.78 is 8.06. The van der Waals surface area contributed by atoms with Gasteiger partial charge in [0.15, 0.2) is 11.0 Å². The van der Waals surface area contributed by atoms with Crippen LogP contribution in [0, 0.1) is 5.92 Å². The van der Waals surface area contributed by atoms with E-state index in [0.717, 1.165) is 49.0 Å². The average Bonchev–Trinajstić information content (AvgIpc) is 3.03. The van der Waals surface area contributed by atoms with Gasteiger partial charge in [-0.3, -0.25) is 4.79 Å². The summed E-state index contributed by atoms with van der Waals surface area (Å²) in [6, 6.07) is 8.17. The minimum atomic E-state index is 0.0178. The zero-order chi connectivity index (χ0) is 19.2. The monoisotopic (exact) mass is 387 g/mol. The molecule has 1 aliphatic rings. The molecule has 0 radical (unpaired) electrons. The van der Waals surface area contributed by atoms with E-state index in [1.807, 2.05) is 12.1 Å². The lowest BCUT2D eigenvalue weighted by atomic mass is 9.99. The predicted octanol–water partition coefficient (Wildman–Crippen LogP) is 4.68. The van der Waals surface area contributed by atoms with Crippen molar-refractivity contribution in [3.8, 4) is 5.75 Å². The molecule has 0 aliphatic heterocycles. The maximum absolute atomic E-state index is 12.2. The third-order valence-electron chi connectivity index (χ3n) is 4.79. The zero-order valence-electron chi connectivity index (χ0n) is 16.5. The fraction of sp³-hybridized carbons (Fsp3) is 0.571. The molecular weight excluding hydrogens is 358 g/mol. The van der Waals surface area contributed by atoms with E-state index in [1.165, 1.54) is 5.56 Å². The average molecular weight is 388 g/mol. The van der Waals surface area contributed by atoms with Crippen LogP contribution in [0.3, 0.4) is 0 Å². The van der Waals surface area contributed by atoms with Crippen molar-refractivity contribution in [2.24, 2.45) is 5.92 Å². The maximum atomic E-state index is 12.2. The number of rotatable bonds is 8. The van der Waals surface area contributed by atoms with E-state index < -0.39 is 0 Å². The van der Waals surface area contributed by atoms with Crippen molar-refractivity contribution in [3.63, 3.8) is 0 Å². The summed E-state index contributed by atoms with van der Waals surface area (Å²) in [6.45, 7) is 7.69. The van der Waals surface area contributed by atoms with Gasteiger partial charge >= 0.3 is 0 Å². The Bertz CT molecular complexity index is 755. The van der Waals surface area contributed by atoms with Crippen LogP contribution < -0.4 is 4.74 Å². The molecular formula is C21H29N3O2S. The van der Waals surface area contributed by atoms with E-state index >= 15 is 0 Å². The summed E-state index contributed by atoms with van der Waals surface area (Å²) in [6.07, 6.45) is 4.78. The van der Waals surface area contributed by atoms with Crippen LogP contribution in [0.25, 0.3) is 0 Å². The van der Waals surface area contributed by atoms with Crippen molar-refractivity contribution < 1.29 is 9.53 Å². The molecule has 5 nitrogen and oxygen atoms in total. The first-order valence-corrected chi connectivity index (χ1v) is 10.8. The third kappa shape index (κ3) is 5.34. The molecule has 0 amide bonds. The Labute approximate surface area is 165 Å². The van der Waals surface area contributed by atoms with Gasteiger partial charge in [0.25, 0.3) is 0 Å². The SMILES string of the molecule is CCc1ccc(OCc2nnc(S[C@H]3CCCCC3=O)n2CC(C)C)cc1. The van der Waals surface area contributed by atoms with Crippen LogP contribution >= 0.6 is 11.8 Å². The van der Waals surface area contributed by atoms with E-state index in [0.29, 0.717) is 24.7 Å². The number of carbonyl (C=O) groups is 1. The highest BCUT2D eigenvalue weighted by molar-refractivity contribution is 8.00. The summed E-state index contributed by atoms with van der Waals surface area (Å²) in [7, 11) is 0. The first kappa shape index (κ1) is 19.9. The predicted molar refractivity (Wildman–Crippen MR) is 108 cm³/mol. The van der Waals surface area contributed by atoms with Crippen molar-refractivity contribution >= 4 is 17.5 Å². The molecule has 1 aromatic carbocycles. The molecule has 0 bridgehead atoms. The maximum Gasteiger partial charge on any atom is 0.192 e. The Hall–Kier alpha value is -1.82. The lowest BCUT2D eigenvalue weighted by Crippen LogP contribution is -2.22. The fourth-order valence-corrected chi connectivity index (χ4v) is 4.42. The van der Waals surface area contributed by atoms with Crippen LogP contribution in [0.2, 0.25) is 0 Å². The van der Waals surface area contributed by atoms with Crippen molar-refractivity contribution in [2.75, 3.05) is 0 Å². The Kier molecular flexibility index (Phi) is 6.94. The van der Waals surface area contributed by atoms with Gasteiger partial charge in [-0.05, 0) is 42.9 Å². The van der Waals surface area contributed by atoms with Crippen LogP contribution in [-0.2, 0) is 24.4 Å². The molecule has 146 valence electrons. The highest BCUT2D eigenvalue weighted by Crippen LogP contribution is 2.31. The molecule has 0 N–H and O–H groups in total. The van der Waals surface area contributed by atoms with Crippen LogP contribution in [0.4, 0.5) is 0 Å². The summed E-state index contributed by atoms with van der Waals surface area (Å²) in [5.74, 6) is 2.46. The normalized spacial score (nSPS) is 17.5. The Morgan fingerprint density at radius 1 is 1.22 bits per heavy atom. The first-order valence-electron chi connectivity index (χ1n) is 9.90. The highest BCUT2D eigenvalue weighted by atomic mass is 32.2. The molecule has 1 aromatic heterocycles. The number of Topliss-reactive ketones (excluding diaryl/α,β-unsaturated/α-hetero) is 1. The minimum Gasteiger partial charge on any atom is -0.486 e. The van der Waals surface area contributed by atoms with Crippen LogP contribution in [-0.4, -0.2) is 25.8 Å². The van der Waals surface area contributed by atoms with Crippen molar-refractivity contribution in [2.45, 2.75) is 76.4 Å². The van der Waals surface area contributed by atoms with Gasteiger partial charge in [0.2, 0.25) is 0 Å². The topological polar surface area (TPSA) is 57.0 Å². The number of aromatic nitrogens is 3. The van der Waals surface area contributed by atoms with Crippen LogP contribution in [0.1, 0.15) is 57.8 Å². The Balaban J connectivity index is 1.71. The second kappa shape index (κ2) is 9.40. The molecule has 1 fully saturated rings. The molecule has 1 saturated carbocycles. The number of nitrogens with zero attached hydrogens (tertiary/aromatic N) is 3. The molecule has 1 atom stereocenters. The number of benzene rings is 1. The number of carbonyl (C=O) groups excluding carboxylic acids is 1. The van der Waals surface area contributed by atoms with Crippen molar-refractivity contribution in [1.82, 2.24) is 14.8 Å². The third-order valence-corrected chi connectivity index (χ3v) is 6.08. The van der Waals surface area contributed by atoms with Gasteiger partial charge in [-0.25, -0.2) is 0 Å². The summed E-state index contributed by atoms with van der Waals surface area (Å²) in [4.78, 5) is 12.2. The van der Waals surface area contributed by atoms with E-state index in [1.54, 1.807) is 11.8 Å². The van der Waals surface area contributed by atoms with E-state index in [-0.39, 0.29) is 5.25 Å². The van der Waals surface area contributed by atoms with Crippen molar-refractivity contribution in [1.29, 1.82) is 0 Å². The van der Waals surface area contributed by atoms with E-state index in [4.69, 9.17) is 4.74 Å². The second-order valence-corrected chi connectivity index (χ2v) is 8.68. The number of aryl methyl sites for hydroxylation is 1. The van der Waals surface area contributed by atoms with Crippen molar-refractivity contribution in [3.05, 3.63) is 35.7 Å². The highest BCUT2D eigenvalue weighted by Gasteiger charge is 2.26. The molecule has 2 aromatic rings. The van der Waals surface area contributed by atoms with Gasteiger partial charge in [-0.15, -0.1) is 10.2 Å². The van der Waals surface area contributed by atoms with Gasteiger partial charge in [0, 0.05) is 13.0 Å². The molecule has 3 rings (SSSR count). The quantitative estimate of drug-likeness (QED) is 0.658. The summed E-state index contributed by atoms with van der Waals surface area (Å²) in [5.41, 5.74) is 1.29. The Morgan fingerprint density at radius 2 is 2.00 bits per heavy atom. The number of ketones is 1. The van der Waals surface area contributed by atoms with Gasteiger partial charge in [0.05, 0.1) is 5.25 Å². The van der Waals surface area contributed by atoms with Gasteiger partial charge in [-0.2, -0.15) is 0 Å². The van der Waals surface area contributed by atoms with E-state index in [2.05, 4.69) is 47.7 Å². The zero-order valence-corrected chi connectivity index (χ0v) is 17.3. The smallest absolute Gasteiger partial charge is 0.192 e. The second-order valence-electron chi connectivity index (χ2n) is 7.51. The summed E-state index contributed by atoms with van der Waals surface area (Å²) >= 11 is 1.57. The molecule has 0 saturated heterocycles. The number of hydrogen-bond donors (Lipinski definition) is 0. The number of ether oxygens (including phenoxy) is 1. The molecule has 1 aliphatic carbocycles. The lowest BCUT2D eigenvalue weighted by molar-refractivity contribution is -0.119. The lowest BCUT2D eigenvalue weighted by Gasteiger charge is -2.20. The molecule has 0 spiro atoms. The van der Waals surface area contributed by atoms with Crippen LogP contribution in [0.15, 0.2) is 29.4 Å². The van der Waals surface area contributed by atoms with Gasteiger partial charge in [-0.1, -0.05) is 51.1 Å². The first-order chi connectivity index (χ1) is 13.1. The number of hydrogen-bond acceptors (Lipinski definition) is 5. The molecule has 0 unspecified atom stereocenters. The fourth-order valence-electron chi connectivity index (χ4n) is 3.23. The number of thioether (sulfide) groups is 1. The van der Waals surface area contributed by atoms with Crippen LogP contribution in [0.5, 0.6) is 5.75 Å². The standard InChI is InChI=1S/C21H29N3O2S/c1-4-16-9-11-17(12-10-16)26-14-20-22-23-21(24(20)13-15(2)3)27-19-8-6-5-7-18(19)25/h9-12,15,19H,4-8,13-14H2,1-3H3/t19-/m0/s1. The largest absolute Gasteiger partial charge is 0.486 e. The van der Waals surface area contributed by atoms with Gasteiger partial charge in [0.1, 0.15) is 18.1 Å². The molecule has 1 heterocycles. The molecule has 27 heavy (non-hydrogen) atoms. The summed E-state index contributed by atoms with van der Waals surface area (Å²) in [5, 5.41) is 9.60.